The van der Waals surface area contributed by atoms with E-state index in [4.69, 9.17) is 21.1 Å². The van der Waals surface area contributed by atoms with Crippen LogP contribution in [0.2, 0.25) is 5.02 Å². The fourth-order valence-corrected chi connectivity index (χ4v) is 7.06. The number of para-hydroxylation sites is 1. The van der Waals surface area contributed by atoms with Gasteiger partial charge in [0.25, 0.3) is 5.91 Å². The molecule has 1 N–H and O–H groups in total. The summed E-state index contributed by atoms with van der Waals surface area (Å²) in [4.78, 5) is 43.4. The summed E-state index contributed by atoms with van der Waals surface area (Å²) in [5.74, 6) is -3.01. The second kappa shape index (κ2) is 9.60. The van der Waals surface area contributed by atoms with Gasteiger partial charge in [-0.2, -0.15) is 0 Å². The summed E-state index contributed by atoms with van der Waals surface area (Å²) in [5.41, 5.74) is 0.0816. The number of ether oxygens (including phenoxy) is 2. The third kappa shape index (κ3) is 3.68. The summed E-state index contributed by atoms with van der Waals surface area (Å²) in [6, 6.07) is 4.30. The fraction of sp³-hybridized carbons (Fsp3) is 0.542. The van der Waals surface area contributed by atoms with Crippen molar-refractivity contribution in [1.82, 2.24) is 4.90 Å². The van der Waals surface area contributed by atoms with E-state index in [0.717, 1.165) is 5.56 Å². The molecule has 0 aliphatic carbocycles. The molecule has 2 amide bonds. The van der Waals surface area contributed by atoms with Crippen LogP contribution in [0.4, 0.5) is 5.69 Å². The van der Waals surface area contributed by atoms with E-state index in [1.807, 2.05) is 13.0 Å². The van der Waals surface area contributed by atoms with Crippen LogP contribution in [0.25, 0.3) is 0 Å². The third-order valence-corrected chi connectivity index (χ3v) is 8.11. The van der Waals surface area contributed by atoms with Crippen molar-refractivity contribution in [2.45, 2.75) is 42.8 Å². The van der Waals surface area contributed by atoms with Gasteiger partial charge in [0.15, 0.2) is 0 Å². The highest BCUT2D eigenvalue weighted by Gasteiger charge is 2.77. The molecule has 0 saturated carbocycles. The number of alkyl halides is 1. The Morgan fingerprint density at radius 3 is 2.82 bits per heavy atom. The first-order valence-corrected chi connectivity index (χ1v) is 12.6. The predicted molar refractivity (Wildman–Crippen MR) is 130 cm³/mol. The fourth-order valence-electron chi connectivity index (χ4n) is 5.80. The van der Waals surface area contributed by atoms with Crippen LogP contribution in [-0.4, -0.2) is 76.7 Å². The predicted octanol–water partition coefficient (Wildman–Crippen LogP) is 2.47. The Morgan fingerprint density at radius 1 is 1.47 bits per heavy atom. The molecule has 6 atom stereocenters. The first kappa shape index (κ1) is 25.2. The molecule has 1 aromatic carbocycles. The second-order valence-corrected chi connectivity index (χ2v) is 10.4. The molecule has 0 aromatic heterocycles. The molecule has 34 heavy (non-hydrogen) atoms. The van der Waals surface area contributed by atoms with Crippen molar-refractivity contribution in [3.63, 3.8) is 0 Å². The number of likely N-dealkylation sites (tertiary alicyclic amines) is 1. The molecule has 0 radical (unpaired) electrons. The number of rotatable bonds is 8. The second-order valence-electron chi connectivity index (χ2n) is 8.81. The summed E-state index contributed by atoms with van der Waals surface area (Å²) < 4.78 is 11.7. The lowest BCUT2D eigenvalue weighted by molar-refractivity contribution is -0.154. The monoisotopic (exact) mass is 554 g/mol. The van der Waals surface area contributed by atoms with Gasteiger partial charge in [-0.05, 0) is 31.9 Å². The van der Waals surface area contributed by atoms with E-state index in [2.05, 4.69) is 22.5 Å². The highest BCUT2D eigenvalue weighted by Crippen LogP contribution is 2.60. The molecule has 2 bridgehead atoms. The van der Waals surface area contributed by atoms with Gasteiger partial charge in [0.2, 0.25) is 5.91 Å². The molecule has 10 heteroatoms. The van der Waals surface area contributed by atoms with Crippen molar-refractivity contribution in [3.8, 4) is 0 Å². The van der Waals surface area contributed by atoms with E-state index in [-0.39, 0.29) is 37.0 Å². The quantitative estimate of drug-likeness (QED) is 0.301. The number of halogens is 2. The molecule has 8 nitrogen and oxygen atoms in total. The molecule has 184 valence electrons. The number of β-amino-alcohol motifs (C(OH)–C–C–N with tert-alkyl or cyclic N) is 1. The Morgan fingerprint density at radius 2 is 2.21 bits per heavy atom. The summed E-state index contributed by atoms with van der Waals surface area (Å²) in [6.45, 7) is 7.26. The van der Waals surface area contributed by atoms with Gasteiger partial charge in [-0.25, -0.2) is 0 Å². The van der Waals surface area contributed by atoms with E-state index in [1.54, 1.807) is 25.1 Å². The van der Waals surface area contributed by atoms with Gasteiger partial charge in [-0.15, -0.1) is 6.58 Å². The largest absolute Gasteiger partial charge is 0.466 e. The number of aliphatic hydroxyl groups is 1. The Bertz CT molecular complexity index is 1000. The van der Waals surface area contributed by atoms with Crippen molar-refractivity contribution in [2.75, 3.05) is 31.2 Å². The molecule has 3 aliphatic rings. The number of hydrogen-bond donors (Lipinski definition) is 1. The lowest BCUT2D eigenvalue weighted by atomic mass is 9.70. The molecule has 3 saturated heterocycles. The normalized spacial score (nSPS) is 31.5. The minimum atomic E-state index is -1.23. The number of nitrogens with zero attached hydrogens (tertiary/aromatic N) is 2. The highest BCUT2D eigenvalue weighted by molar-refractivity contribution is 9.09. The van der Waals surface area contributed by atoms with Crippen LogP contribution in [0.15, 0.2) is 30.9 Å². The van der Waals surface area contributed by atoms with Gasteiger partial charge >= 0.3 is 5.97 Å². The van der Waals surface area contributed by atoms with E-state index in [1.165, 1.54) is 9.80 Å². The summed E-state index contributed by atoms with van der Waals surface area (Å²) >= 11 is 10.1. The standard InChI is InChI=1S/C24H28BrClN2O6/c1-4-9-27(18-13(3)7-6-8-15(18)26)22(31)20-24-12-14(25)19(34-24)16(23(32)33-5-2)17(24)21(30)28(20)10-11-29/h4,6-8,14,16-17,19-20,29H,1,5,9-12H2,2-3H3/t14?,16-,17+,19-,20?,24?/m1/s1. The van der Waals surface area contributed by atoms with Crippen LogP contribution in [0, 0.1) is 18.8 Å². The summed E-state index contributed by atoms with van der Waals surface area (Å²) in [7, 11) is 0. The smallest absolute Gasteiger partial charge is 0.312 e. The molecule has 1 aromatic rings. The van der Waals surface area contributed by atoms with Crippen LogP contribution < -0.4 is 4.90 Å². The zero-order valence-corrected chi connectivity index (χ0v) is 21.4. The number of carbonyl (C=O) groups is 3. The number of esters is 1. The minimum Gasteiger partial charge on any atom is -0.466 e. The van der Waals surface area contributed by atoms with Crippen molar-refractivity contribution in [2.24, 2.45) is 11.8 Å². The number of fused-ring (bicyclic) bond motifs is 1. The molecule has 3 unspecified atom stereocenters. The maximum atomic E-state index is 14.2. The van der Waals surface area contributed by atoms with Gasteiger partial charge in [0, 0.05) is 17.9 Å². The number of aryl methyl sites for hydroxylation is 1. The first-order valence-electron chi connectivity index (χ1n) is 11.3. The Hall–Kier alpha value is -1.94. The maximum Gasteiger partial charge on any atom is 0.312 e. The Balaban J connectivity index is 1.82. The average Bonchev–Trinajstić information content (AvgIpc) is 3.37. The lowest BCUT2D eigenvalue weighted by Gasteiger charge is -2.37. The van der Waals surface area contributed by atoms with Gasteiger partial charge < -0.3 is 24.4 Å². The van der Waals surface area contributed by atoms with Gasteiger partial charge in [0.1, 0.15) is 11.6 Å². The topological polar surface area (TPSA) is 96.4 Å². The lowest BCUT2D eigenvalue weighted by Crippen LogP contribution is -2.57. The molecule has 3 aliphatic heterocycles. The maximum absolute atomic E-state index is 14.2. The minimum absolute atomic E-state index is 0.0621. The number of aliphatic hydroxyl groups excluding tert-OH is 1. The van der Waals surface area contributed by atoms with Crippen molar-refractivity contribution in [1.29, 1.82) is 0 Å². The number of carbonyl (C=O) groups excluding carboxylic acids is 3. The molecule has 1 spiro atoms. The highest BCUT2D eigenvalue weighted by atomic mass is 79.9. The van der Waals surface area contributed by atoms with Crippen LogP contribution in [0.5, 0.6) is 0 Å². The van der Waals surface area contributed by atoms with E-state index >= 15 is 0 Å². The Kier molecular flexibility index (Phi) is 7.11. The van der Waals surface area contributed by atoms with Gasteiger partial charge in [0.05, 0.1) is 41.9 Å². The van der Waals surface area contributed by atoms with Gasteiger partial charge in [-0.3, -0.25) is 14.4 Å². The Labute approximate surface area is 211 Å². The van der Waals surface area contributed by atoms with Crippen LogP contribution in [0.3, 0.4) is 0 Å². The van der Waals surface area contributed by atoms with Crippen molar-refractivity contribution >= 4 is 51.0 Å². The van der Waals surface area contributed by atoms with Crippen LogP contribution >= 0.6 is 27.5 Å². The number of amides is 2. The third-order valence-electron chi connectivity index (χ3n) is 6.96. The molecule has 3 heterocycles. The SMILES string of the molecule is C=CCN(C(=O)C1N(CCO)C(=O)[C@@H]2[C@@H](C(=O)OCC)[C@@H]3OC12CC3Br)c1c(C)cccc1Cl. The van der Waals surface area contributed by atoms with E-state index < -0.39 is 41.5 Å². The molecular formula is C24H28BrClN2O6. The summed E-state index contributed by atoms with van der Waals surface area (Å²) in [5, 5.41) is 10.1. The van der Waals surface area contributed by atoms with Crippen molar-refractivity contribution in [3.05, 3.63) is 41.4 Å². The zero-order valence-electron chi connectivity index (χ0n) is 19.1. The average molecular weight is 556 g/mol. The molecule has 3 fully saturated rings. The number of benzene rings is 1. The van der Waals surface area contributed by atoms with Gasteiger partial charge in [-0.1, -0.05) is 45.7 Å². The first-order chi connectivity index (χ1) is 16.2. The molecular weight excluding hydrogens is 528 g/mol. The number of anilines is 1. The summed E-state index contributed by atoms with van der Waals surface area (Å²) in [6.07, 6.45) is 1.37. The van der Waals surface area contributed by atoms with E-state index in [0.29, 0.717) is 17.1 Å². The number of hydrogen-bond acceptors (Lipinski definition) is 6. The van der Waals surface area contributed by atoms with Crippen LogP contribution in [-0.2, 0) is 23.9 Å². The van der Waals surface area contributed by atoms with E-state index in [9.17, 15) is 19.5 Å². The van der Waals surface area contributed by atoms with Crippen LogP contribution in [0.1, 0.15) is 18.9 Å². The van der Waals surface area contributed by atoms with Crippen molar-refractivity contribution < 1.29 is 29.0 Å². The molecule has 4 rings (SSSR count). The zero-order chi connectivity index (χ0) is 24.8.